The number of hydrogen-bond donors (Lipinski definition) is 3. The summed E-state index contributed by atoms with van der Waals surface area (Å²) in [7, 11) is 0. The smallest absolute Gasteiger partial charge is 0.237 e. The first-order valence-electron chi connectivity index (χ1n) is 6.53. The Balaban J connectivity index is 1.82. The molecule has 1 aromatic carbocycles. The molecule has 1 atom stereocenters. The Kier molecular flexibility index (Phi) is 4.52. The second-order valence-electron chi connectivity index (χ2n) is 4.74. The molecule has 0 spiro atoms. The fourth-order valence-corrected chi connectivity index (χ4v) is 2.13. The summed E-state index contributed by atoms with van der Waals surface area (Å²) in [6.45, 7) is 2.91. The SMILES string of the molecule is CC(=O)Nc1ccc(CNC(=O)[C@@H]2CCCN2)cc1. The standard InChI is InChI=1S/C14H19N3O2/c1-10(18)17-12-6-4-11(5-7-12)9-16-14(19)13-3-2-8-15-13/h4-7,13,15H,2-3,8-9H2,1H3,(H,16,19)(H,17,18)/t13-/m0/s1. The quantitative estimate of drug-likeness (QED) is 0.757. The lowest BCUT2D eigenvalue weighted by atomic mass is 10.2. The van der Waals surface area contributed by atoms with Crippen LogP contribution in [0, 0.1) is 0 Å². The van der Waals surface area contributed by atoms with Gasteiger partial charge in [-0.15, -0.1) is 0 Å². The first-order valence-corrected chi connectivity index (χ1v) is 6.53. The van der Waals surface area contributed by atoms with E-state index in [1.807, 2.05) is 24.3 Å². The minimum atomic E-state index is -0.0895. The number of benzene rings is 1. The van der Waals surface area contributed by atoms with Crippen molar-refractivity contribution in [3.05, 3.63) is 29.8 Å². The minimum Gasteiger partial charge on any atom is -0.351 e. The molecular weight excluding hydrogens is 242 g/mol. The number of hydrogen-bond acceptors (Lipinski definition) is 3. The van der Waals surface area contributed by atoms with Crippen LogP contribution in [0.3, 0.4) is 0 Å². The van der Waals surface area contributed by atoms with E-state index >= 15 is 0 Å². The summed E-state index contributed by atoms with van der Waals surface area (Å²) in [5.74, 6) is -0.0307. The second kappa shape index (κ2) is 6.33. The molecule has 1 aliphatic heterocycles. The fourth-order valence-electron chi connectivity index (χ4n) is 2.13. The predicted molar refractivity (Wildman–Crippen MR) is 73.6 cm³/mol. The van der Waals surface area contributed by atoms with Crippen LogP contribution in [0.4, 0.5) is 5.69 Å². The van der Waals surface area contributed by atoms with Gasteiger partial charge in [0.05, 0.1) is 6.04 Å². The maximum atomic E-state index is 11.8. The van der Waals surface area contributed by atoms with Crippen LogP contribution in [0.1, 0.15) is 25.3 Å². The summed E-state index contributed by atoms with van der Waals surface area (Å²) < 4.78 is 0. The highest BCUT2D eigenvalue weighted by Crippen LogP contribution is 2.10. The Morgan fingerprint density at radius 3 is 2.63 bits per heavy atom. The molecular formula is C14H19N3O2. The van der Waals surface area contributed by atoms with Gasteiger partial charge in [0.15, 0.2) is 0 Å². The van der Waals surface area contributed by atoms with Crippen molar-refractivity contribution in [2.24, 2.45) is 0 Å². The van der Waals surface area contributed by atoms with Crippen molar-refractivity contribution in [3.63, 3.8) is 0 Å². The van der Waals surface area contributed by atoms with E-state index in [0.29, 0.717) is 6.54 Å². The van der Waals surface area contributed by atoms with Gasteiger partial charge >= 0.3 is 0 Å². The Hall–Kier alpha value is -1.88. The third-order valence-corrected chi connectivity index (χ3v) is 3.12. The van der Waals surface area contributed by atoms with Crippen LogP contribution in [0.2, 0.25) is 0 Å². The van der Waals surface area contributed by atoms with Gasteiger partial charge in [-0.3, -0.25) is 9.59 Å². The lowest BCUT2D eigenvalue weighted by Gasteiger charge is -2.11. The van der Waals surface area contributed by atoms with E-state index < -0.39 is 0 Å². The first-order chi connectivity index (χ1) is 9.15. The predicted octanol–water partition coefficient (Wildman–Crippen LogP) is 1.01. The van der Waals surface area contributed by atoms with Crippen LogP contribution in [-0.4, -0.2) is 24.4 Å². The average molecular weight is 261 g/mol. The summed E-state index contributed by atoms with van der Waals surface area (Å²) in [6, 6.07) is 7.41. The molecule has 1 aliphatic rings. The van der Waals surface area contributed by atoms with Crippen LogP contribution >= 0.6 is 0 Å². The van der Waals surface area contributed by atoms with E-state index in [1.54, 1.807) is 0 Å². The highest BCUT2D eigenvalue weighted by molar-refractivity contribution is 5.88. The van der Waals surface area contributed by atoms with E-state index in [2.05, 4.69) is 16.0 Å². The molecule has 1 heterocycles. The number of anilines is 1. The Labute approximate surface area is 112 Å². The lowest BCUT2D eigenvalue weighted by Crippen LogP contribution is -2.39. The molecule has 0 radical (unpaired) electrons. The van der Waals surface area contributed by atoms with Crippen LogP contribution in [0.15, 0.2) is 24.3 Å². The highest BCUT2D eigenvalue weighted by Gasteiger charge is 2.21. The molecule has 1 fully saturated rings. The molecule has 0 aromatic heterocycles. The molecule has 5 nitrogen and oxygen atoms in total. The van der Waals surface area contributed by atoms with Gasteiger partial charge in [0, 0.05) is 19.2 Å². The van der Waals surface area contributed by atoms with Crippen LogP contribution in [0.25, 0.3) is 0 Å². The molecule has 1 saturated heterocycles. The van der Waals surface area contributed by atoms with Gasteiger partial charge in [-0.25, -0.2) is 0 Å². The van der Waals surface area contributed by atoms with E-state index in [9.17, 15) is 9.59 Å². The molecule has 0 bridgehead atoms. The van der Waals surface area contributed by atoms with E-state index in [1.165, 1.54) is 6.92 Å². The van der Waals surface area contributed by atoms with Crippen molar-refractivity contribution >= 4 is 17.5 Å². The van der Waals surface area contributed by atoms with Crippen molar-refractivity contribution in [1.82, 2.24) is 10.6 Å². The zero-order valence-electron chi connectivity index (χ0n) is 11.0. The van der Waals surface area contributed by atoms with Crippen molar-refractivity contribution in [1.29, 1.82) is 0 Å². The van der Waals surface area contributed by atoms with Crippen LogP contribution in [-0.2, 0) is 16.1 Å². The maximum Gasteiger partial charge on any atom is 0.237 e. The molecule has 19 heavy (non-hydrogen) atoms. The summed E-state index contributed by atoms with van der Waals surface area (Å²) in [5, 5.41) is 8.78. The zero-order chi connectivity index (χ0) is 13.7. The van der Waals surface area contributed by atoms with Gasteiger partial charge in [0.2, 0.25) is 11.8 Å². The number of carbonyl (C=O) groups is 2. The maximum absolute atomic E-state index is 11.8. The third kappa shape index (κ3) is 4.06. The van der Waals surface area contributed by atoms with E-state index in [0.717, 1.165) is 30.6 Å². The largest absolute Gasteiger partial charge is 0.351 e. The van der Waals surface area contributed by atoms with Crippen molar-refractivity contribution in [2.45, 2.75) is 32.4 Å². The monoisotopic (exact) mass is 261 g/mol. The minimum absolute atomic E-state index is 0.0429. The summed E-state index contributed by atoms with van der Waals surface area (Å²) >= 11 is 0. The van der Waals surface area contributed by atoms with E-state index in [4.69, 9.17) is 0 Å². The summed E-state index contributed by atoms with van der Waals surface area (Å²) in [4.78, 5) is 22.7. The summed E-state index contributed by atoms with van der Waals surface area (Å²) in [6.07, 6.45) is 1.97. The molecule has 2 rings (SSSR count). The lowest BCUT2D eigenvalue weighted by molar-refractivity contribution is -0.123. The van der Waals surface area contributed by atoms with Gasteiger partial charge in [0.1, 0.15) is 0 Å². The molecule has 102 valence electrons. The number of nitrogens with one attached hydrogen (secondary N) is 3. The van der Waals surface area contributed by atoms with Gasteiger partial charge in [-0.05, 0) is 37.1 Å². The van der Waals surface area contributed by atoms with Gasteiger partial charge in [0.25, 0.3) is 0 Å². The first kappa shape index (κ1) is 13.5. The van der Waals surface area contributed by atoms with Gasteiger partial charge < -0.3 is 16.0 Å². The Morgan fingerprint density at radius 1 is 1.32 bits per heavy atom. The Morgan fingerprint density at radius 2 is 2.05 bits per heavy atom. The molecule has 2 amide bonds. The second-order valence-corrected chi connectivity index (χ2v) is 4.74. The van der Waals surface area contributed by atoms with Crippen molar-refractivity contribution in [2.75, 3.05) is 11.9 Å². The molecule has 5 heteroatoms. The molecule has 1 aromatic rings. The van der Waals surface area contributed by atoms with E-state index in [-0.39, 0.29) is 17.9 Å². The van der Waals surface area contributed by atoms with Crippen molar-refractivity contribution < 1.29 is 9.59 Å². The zero-order valence-corrected chi connectivity index (χ0v) is 11.0. The molecule has 0 saturated carbocycles. The average Bonchev–Trinajstić information content (AvgIpc) is 2.91. The Bertz CT molecular complexity index is 450. The van der Waals surface area contributed by atoms with Gasteiger partial charge in [-0.1, -0.05) is 12.1 Å². The third-order valence-electron chi connectivity index (χ3n) is 3.12. The topological polar surface area (TPSA) is 70.2 Å². The number of rotatable bonds is 4. The van der Waals surface area contributed by atoms with Crippen LogP contribution < -0.4 is 16.0 Å². The van der Waals surface area contributed by atoms with Crippen molar-refractivity contribution in [3.8, 4) is 0 Å². The normalized spacial score (nSPS) is 18.1. The number of amides is 2. The van der Waals surface area contributed by atoms with Gasteiger partial charge in [-0.2, -0.15) is 0 Å². The van der Waals surface area contributed by atoms with Crippen LogP contribution in [0.5, 0.6) is 0 Å². The molecule has 3 N–H and O–H groups in total. The molecule has 0 aliphatic carbocycles. The highest BCUT2D eigenvalue weighted by atomic mass is 16.2. The number of carbonyl (C=O) groups excluding carboxylic acids is 2. The summed E-state index contributed by atoms with van der Waals surface area (Å²) in [5.41, 5.74) is 1.78. The fraction of sp³-hybridized carbons (Fsp3) is 0.429. The molecule has 0 unspecified atom stereocenters.